The molecule has 1 aromatic carbocycles. The number of furan rings is 1. The zero-order valence-corrected chi connectivity index (χ0v) is 19.6. The third-order valence-electron chi connectivity index (χ3n) is 5.99. The Morgan fingerprint density at radius 2 is 1.97 bits per heavy atom. The molecule has 1 N–H and O–H groups in total. The van der Waals surface area contributed by atoms with Crippen molar-refractivity contribution in [3.05, 3.63) is 71.5 Å². The highest BCUT2D eigenvalue weighted by molar-refractivity contribution is 5.71. The molecule has 1 saturated heterocycles. The van der Waals surface area contributed by atoms with Gasteiger partial charge in [-0.2, -0.15) is 4.39 Å². The molecule has 1 atom stereocenters. The van der Waals surface area contributed by atoms with E-state index in [0.717, 1.165) is 23.8 Å². The lowest BCUT2D eigenvalue weighted by Crippen LogP contribution is -2.46. The van der Waals surface area contributed by atoms with E-state index in [1.165, 1.54) is 18.1 Å². The maximum atomic E-state index is 15.3. The average molecular weight is 500 g/mol. The second-order valence-electron chi connectivity index (χ2n) is 8.50. The van der Waals surface area contributed by atoms with E-state index in [1.807, 2.05) is 19.1 Å². The highest BCUT2D eigenvalue weighted by Gasteiger charge is 2.29. The Bertz CT molecular complexity index is 1410. The quantitative estimate of drug-likeness (QED) is 0.412. The third-order valence-corrected chi connectivity index (χ3v) is 5.99. The molecule has 0 aliphatic carbocycles. The number of hydrogen-bond donors (Lipinski definition) is 1. The molecule has 5 rings (SSSR count). The lowest BCUT2D eigenvalue weighted by molar-refractivity contribution is -0.0241. The number of carbonyl (C=O) groups excluding carboxylic acids is 1. The number of benzene rings is 1. The number of morpholine rings is 1. The van der Waals surface area contributed by atoms with Crippen LogP contribution >= 0.6 is 0 Å². The van der Waals surface area contributed by atoms with Crippen LogP contribution in [0.1, 0.15) is 11.3 Å². The molecule has 188 valence electrons. The highest BCUT2D eigenvalue weighted by Crippen LogP contribution is 2.34. The highest BCUT2D eigenvalue weighted by atomic mass is 19.1. The van der Waals surface area contributed by atoms with E-state index in [2.05, 4.69) is 10.3 Å². The van der Waals surface area contributed by atoms with Crippen LogP contribution < -0.4 is 5.32 Å². The molecule has 1 aliphatic rings. The van der Waals surface area contributed by atoms with Gasteiger partial charge in [-0.05, 0) is 36.8 Å². The van der Waals surface area contributed by atoms with Gasteiger partial charge in [0.1, 0.15) is 17.3 Å². The van der Waals surface area contributed by atoms with E-state index in [0.29, 0.717) is 24.5 Å². The van der Waals surface area contributed by atoms with Crippen LogP contribution in [0.3, 0.4) is 0 Å². The first-order valence-corrected chi connectivity index (χ1v) is 11.3. The van der Waals surface area contributed by atoms with Crippen molar-refractivity contribution in [1.29, 1.82) is 0 Å². The lowest BCUT2D eigenvalue weighted by Gasteiger charge is -2.32. The Hall–Kier alpha value is -3.99. The van der Waals surface area contributed by atoms with Gasteiger partial charge in [0.15, 0.2) is 0 Å². The summed E-state index contributed by atoms with van der Waals surface area (Å²) in [5.74, 6) is -1.70. The van der Waals surface area contributed by atoms with E-state index in [4.69, 9.17) is 13.9 Å². The molecule has 4 heterocycles. The van der Waals surface area contributed by atoms with Crippen LogP contribution in [0.15, 0.2) is 47.0 Å². The van der Waals surface area contributed by atoms with Gasteiger partial charge in [0.25, 0.3) is 6.01 Å². The number of methoxy groups -OCH3 is 1. The molecule has 8 nitrogen and oxygen atoms in total. The fourth-order valence-electron chi connectivity index (χ4n) is 4.34. The molecular weight excluding hydrogens is 477 g/mol. The van der Waals surface area contributed by atoms with E-state index >= 15 is 8.78 Å². The van der Waals surface area contributed by atoms with Gasteiger partial charge >= 0.3 is 6.09 Å². The number of aryl methyl sites for hydroxylation is 1. The molecule has 4 aromatic rings. The van der Waals surface area contributed by atoms with Gasteiger partial charge in [0.05, 0.1) is 43.3 Å². The number of aromatic nitrogens is 2. The summed E-state index contributed by atoms with van der Waals surface area (Å²) in [5.41, 5.74) is 1.87. The maximum absolute atomic E-state index is 15.3. The zero-order chi connectivity index (χ0) is 25.4. The summed E-state index contributed by atoms with van der Waals surface area (Å²) in [6, 6.07) is 7.43. The molecule has 0 bridgehead atoms. The van der Waals surface area contributed by atoms with Crippen LogP contribution in [0.4, 0.5) is 29.5 Å². The van der Waals surface area contributed by atoms with E-state index < -0.39 is 29.8 Å². The Morgan fingerprint density at radius 1 is 1.19 bits per heavy atom. The van der Waals surface area contributed by atoms with E-state index in [1.54, 1.807) is 10.6 Å². The summed E-state index contributed by atoms with van der Waals surface area (Å²) in [5, 5.41) is 2.64. The van der Waals surface area contributed by atoms with Crippen molar-refractivity contribution >= 4 is 23.3 Å². The van der Waals surface area contributed by atoms with Crippen LogP contribution in [-0.2, 0) is 15.9 Å². The van der Waals surface area contributed by atoms with Gasteiger partial charge in [-0.25, -0.2) is 18.6 Å². The first-order chi connectivity index (χ1) is 17.3. The van der Waals surface area contributed by atoms with Gasteiger partial charge in [0.2, 0.25) is 5.88 Å². The van der Waals surface area contributed by atoms with Gasteiger partial charge in [0, 0.05) is 37.0 Å². The van der Waals surface area contributed by atoms with Gasteiger partial charge in [-0.1, -0.05) is 0 Å². The molecule has 1 aliphatic heterocycles. The topological polar surface area (TPSA) is 81.2 Å². The summed E-state index contributed by atoms with van der Waals surface area (Å²) >= 11 is 0. The molecule has 1 fully saturated rings. The minimum Gasteiger partial charge on any atom is -0.453 e. The predicted molar refractivity (Wildman–Crippen MR) is 125 cm³/mol. The fourth-order valence-corrected chi connectivity index (χ4v) is 4.34. The fraction of sp³-hybridized carbons (Fsp3) is 0.280. The molecule has 0 radical (unpaired) electrons. The SMILES string of the molecule is COC(=O)N1CCO[C@@H](Cc2c(-c3c(F)cc(Nc4ccc(F)o4)cc3F)nc3cc(C)ccn23)C1. The molecule has 3 aromatic heterocycles. The summed E-state index contributed by atoms with van der Waals surface area (Å²) < 4.78 is 61.0. The first-order valence-electron chi connectivity index (χ1n) is 11.3. The number of amides is 1. The summed E-state index contributed by atoms with van der Waals surface area (Å²) in [7, 11) is 1.31. The predicted octanol–water partition coefficient (Wildman–Crippen LogP) is 5.07. The van der Waals surface area contributed by atoms with Crippen LogP contribution in [0.25, 0.3) is 16.9 Å². The van der Waals surface area contributed by atoms with Crippen molar-refractivity contribution < 1.29 is 31.9 Å². The van der Waals surface area contributed by atoms with Crippen LogP contribution in [0.2, 0.25) is 0 Å². The first kappa shape index (κ1) is 23.7. The van der Waals surface area contributed by atoms with Crippen molar-refractivity contribution in [1.82, 2.24) is 14.3 Å². The Morgan fingerprint density at radius 3 is 2.67 bits per heavy atom. The van der Waals surface area contributed by atoms with Crippen molar-refractivity contribution in [2.75, 3.05) is 32.1 Å². The Kier molecular flexibility index (Phi) is 6.31. The van der Waals surface area contributed by atoms with E-state index in [-0.39, 0.29) is 35.8 Å². The number of pyridine rings is 1. The van der Waals surface area contributed by atoms with Crippen molar-refractivity contribution in [3.63, 3.8) is 0 Å². The molecule has 0 spiro atoms. The number of rotatable bonds is 5. The number of imidazole rings is 1. The standard InChI is InChI=1S/C25H23F3N4O4/c1-14-5-6-32-19(12-16-13-31(7-8-35-16)25(33)34-2)24(30-21(32)9-14)23-17(26)10-15(11-18(23)27)29-22-4-3-20(28)36-22/h3-6,9-11,16,29H,7-8,12-13H2,1-2H3/t16-/m0/s1. The van der Waals surface area contributed by atoms with Crippen LogP contribution in [0, 0.1) is 24.6 Å². The zero-order valence-electron chi connectivity index (χ0n) is 19.6. The molecule has 11 heteroatoms. The number of hydrogen-bond acceptors (Lipinski definition) is 6. The number of nitrogens with zero attached hydrogens (tertiary/aromatic N) is 3. The maximum Gasteiger partial charge on any atom is 0.409 e. The summed E-state index contributed by atoms with van der Waals surface area (Å²) in [6.45, 7) is 2.85. The van der Waals surface area contributed by atoms with Crippen LogP contribution in [-0.4, -0.2) is 53.3 Å². The van der Waals surface area contributed by atoms with Gasteiger partial charge in [-0.15, -0.1) is 0 Å². The molecule has 1 amide bonds. The number of ether oxygens (including phenoxy) is 2. The Balaban J connectivity index is 1.53. The lowest BCUT2D eigenvalue weighted by atomic mass is 10.0. The normalized spacial score (nSPS) is 15.9. The number of halogens is 3. The number of anilines is 2. The van der Waals surface area contributed by atoms with Crippen LogP contribution in [0.5, 0.6) is 0 Å². The number of fused-ring (bicyclic) bond motifs is 1. The minimum atomic E-state index is -0.855. The number of carbonyl (C=O) groups is 1. The minimum absolute atomic E-state index is 0.00699. The van der Waals surface area contributed by atoms with Gasteiger partial charge in [-0.3, -0.25) is 0 Å². The third kappa shape index (κ3) is 4.61. The van der Waals surface area contributed by atoms with Crippen molar-refractivity contribution in [2.45, 2.75) is 19.4 Å². The smallest absolute Gasteiger partial charge is 0.409 e. The molecule has 0 unspecified atom stereocenters. The van der Waals surface area contributed by atoms with Crippen molar-refractivity contribution in [3.8, 4) is 11.3 Å². The van der Waals surface area contributed by atoms with Crippen molar-refractivity contribution in [2.24, 2.45) is 0 Å². The summed E-state index contributed by atoms with van der Waals surface area (Å²) in [4.78, 5) is 18.1. The van der Waals surface area contributed by atoms with E-state index in [9.17, 15) is 9.18 Å². The average Bonchev–Trinajstić information content (AvgIpc) is 3.40. The Labute approximate surface area is 204 Å². The summed E-state index contributed by atoms with van der Waals surface area (Å²) in [6.07, 6.45) is 1.14. The molecule has 0 saturated carbocycles. The molecular formula is C25H23F3N4O4. The molecule has 36 heavy (non-hydrogen) atoms. The largest absolute Gasteiger partial charge is 0.453 e. The number of nitrogens with one attached hydrogen (secondary N) is 1. The second kappa shape index (κ2) is 9.57. The monoisotopic (exact) mass is 500 g/mol. The van der Waals surface area contributed by atoms with Gasteiger partial charge < -0.3 is 28.5 Å². The second-order valence-corrected chi connectivity index (χ2v) is 8.50.